The Morgan fingerprint density at radius 1 is 1.05 bits per heavy atom. The summed E-state index contributed by atoms with van der Waals surface area (Å²) < 4.78 is 13.6. The molecule has 0 aliphatic carbocycles. The van der Waals surface area contributed by atoms with Crippen LogP contribution in [0.4, 0.5) is 4.39 Å². The number of aliphatic hydroxyl groups excluding tert-OH is 1. The van der Waals surface area contributed by atoms with Crippen molar-refractivity contribution in [2.24, 2.45) is 5.92 Å². The zero-order valence-corrected chi connectivity index (χ0v) is 13.2. The van der Waals surface area contributed by atoms with Gasteiger partial charge < -0.3 is 5.11 Å². The molecule has 2 rings (SSSR count). The number of halogens is 2. The van der Waals surface area contributed by atoms with E-state index in [9.17, 15) is 9.50 Å². The number of hydrogen-bond acceptors (Lipinski definition) is 1. The van der Waals surface area contributed by atoms with Crippen molar-refractivity contribution in [1.82, 2.24) is 0 Å². The Kier molecular flexibility index (Phi) is 4.95. The molecule has 0 aliphatic heterocycles. The van der Waals surface area contributed by atoms with Crippen LogP contribution in [0.2, 0.25) is 0 Å². The minimum atomic E-state index is -0.736. The maximum atomic E-state index is 13.2. The third-order valence-corrected chi connectivity index (χ3v) is 3.81. The van der Waals surface area contributed by atoms with E-state index in [0.29, 0.717) is 16.0 Å². The van der Waals surface area contributed by atoms with E-state index in [1.165, 1.54) is 11.6 Å². The highest BCUT2D eigenvalue weighted by molar-refractivity contribution is 9.10. The van der Waals surface area contributed by atoms with Crippen LogP contribution in [0.15, 0.2) is 46.9 Å². The molecule has 0 aromatic heterocycles. The van der Waals surface area contributed by atoms with Crippen LogP contribution in [0.5, 0.6) is 0 Å². The maximum absolute atomic E-state index is 13.2. The van der Waals surface area contributed by atoms with Gasteiger partial charge in [0.1, 0.15) is 11.9 Å². The molecule has 1 atom stereocenters. The van der Waals surface area contributed by atoms with E-state index >= 15 is 0 Å². The van der Waals surface area contributed by atoms with Gasteiger partial charge >= 0.3 is 0 Å². The van der Waals surface area contributed by atoms with Crippen molar-refractivity contribution in [3.63, 3.8) is 0 Å². The summed E-state index contributed by atoms with van der Waals surface area (Å²) in [6.07, 6.45) is 0.290. The van der Waals surface area contributed by atoms with Crippen molar-refractivity contribution >= 4 is 15.9 Å². The van der Waals surface area contributed by atoms with Crippen LogP contribution in [0, 0.1) is 11.7 Å². The van der Waals surface area contributed by atoms with Crippen LogP contribution < -0.4 is 0 Å². The zero-order valence-electron chi connectivity index (χ0n) is 11.6. The molecule has 3 heteroatoms. The highest BCUT2D eigenvalue weighted by atomic mass is 79.9. The molecule has 2 aromatic rings. The number of benzene rings is 2. The molecular weight excluding hydrogens is 319 g/mol. The first-order valence-electron chi connectivity index (χ1n) is 6.69. The van der Waals surface area contributed by atoms with Crippen LogP contribution in [0.3, 0.4) is 0 Å². The Morgan fingerprint density at radius 3 is 2.20 bits per heavy atom. The summed E-state index contributed by atoms with van der Waals surface area (Å²) in [6.45, 7) is 4.36. The van der Waals surface area contributed by atoms with Gasteiger partial charge in [-0.25, -0.2) is 4.39 Å². The molecule has 0 radical (unpaired) electrons. The molecule has 0 heterocycles. The molecule has 0 saturated carbocycles. The number of rotatable bonds is 4. The van der Waals surface area contributed by atoms with Crippen LogP contribution in [0.1, 0.15) is 36.6 Å². The number of hydrogen-bond donors (Lipinski definition) is 1. The smallest absolute Gasteiger partial charge is 0.137 e. The SMILES string of the molecule is CC(C)Cc1ccc(C(O)c2ccc(F)c(Br)c2)cc1. The monoisotopic (exact) mass is 336 g/mol. The first-order valence-corrected chi connectivity index (χ1v) is 7.48. The summed E-state index contributed by atoms with van der Waals surface area (Å²) in [6, 6.07) is 12.5. The summed E-state index contributed by atoms with van der Waals surface area (Å²) in [7, 11) is 0. The second kappa shape index (κ2) is 6.51. The summed E-state index contributed by atoms with van der Waals surface area (Å²) >= 11 is 3.14. The minimum absolute atomic E-state index is 0.326. The van der Waals surface area contributed by atoms with Crippen molar-refractivity contribution in [1.29, 1.82) is 0 Å². The lowest BCUT2D eigenvalue weighted by atomic mass is 9.97. The second-order valence-electron chi connectivity index (χ2n) is 5.42. The molecule has 0 bridgehead atoms. The Labute approximate surface area is 127 Å². The first kappa shape index (κ1) is 15.2. The van der Waals surface area contributed by atoms with E-state index < -0.39 is 6.10 Å². The standard InChI is InChI=1S/C17H18BrFO/c1-11(2)9-12-3-5-13(6-4-12)17(20)14-7-8-16(19)15(18)10-14/h3-8,10-11,17,20H,9H2,1-2H3. The van der Waals surface area contributed by atoms with Crippen molar-refractivity contribution in [2.75, 3.05) is 0 Å². The normalized spacial score (nSPS) is 12.7. The highest BCUT2D eigenvalue weighted by Gasteiger charge is 2.12. The molecule has 2 aromatic carbocycles. The third-order valence-electron chi connectivity index (χ3n) is 3.20. The first-order chi connectivity index (χ1) is 9.47. The molecule has 1 nitrogen and oxygen atoms in total. The summed E-state index contributed by atoms with van der Waals surface area (Å²) in [5.41, 5.74) is 2.75. The van der Waals surface area contributed by atoms with Gasteiger partial charge in [0.15, 0.2) is 0 Å². The van der Waals surface area contributed by atoms with E-state index in [2.05, 4.69) is 29.8 Å². The Balaban J connectivity index is 2.20. The van der Waals surface area contributed by atoms with Gasteiger partial charge in [0, 0.05) is 0 Å². The largest absolute Gasteiger partial charge is 0.384 e. The fraction of sp³-hybridized carbons (Fsp3) is 0.294. The second-order valence-corrected chi connectivity index (χ2v) is 6.27. The lowest BCUT2D eigenvalue weighted by Gasteiger charge is -2.13. The van der Waals surface area contributed by atoms with E-state index in [0.717, 1.165) is 12.0 Å². The maximum Gasteiger partial charge on any atom is 0.137 e. The topological polar surface area (TPSA) is 20.2 Å². The van der Waals surface area contributed by atoms with Gasteiger partial charge in [-0.2, -0.15) is 0 Å². The predicted octanol–water partition coefficient (Wildman–Crippen LogP) is 4.87. The molecule has 0 saturated heterocycles. The lowest BCUT2D eigenvalue weighted by Crippen LogP contribution is -2.01. The molecule has 0 amide bonds. The molecule has 0 fully saturated rings. The third kappa shape index (κ3) is 3.68. The fourth-order valence-corrected chi connectivity index (χ4v) is 2.58. The van der Waals surface area contributed by atoms with E-state index in [4.69, 9.17) is 0 Å². The van der Waals surface area contributed by atoms with Crippen molar-refractivity contribution < 1.29 is 9.50 Å². The van der Waals surface area contributed by atoms with Crippen molar-refractivity contribution in [2.45, 2.75) is 26.4 Å². The van der Waals surface area contributed by atoms with Crippen LogP contribution >= 0.6 is 15.9 Å². The Bertz CT molecular complexity index is 578. The zero-order chi connectivity index (χ0) is 14.7. The Hall–Kier alpha value is -1.19. The summed E-state index contributed by atoms with van der Waals surface area (Å²) in [5.74, 6) is 0.284. The molecule has 0 aliphatic rings. The summed E-state index contributed by atoms with van der Waals surface area (Å²) in [4.78, 5) is 0. The van der Waals surface area contributed by atoms with E-state index in [-0.39, 0.29) is 5.82 Å². The van der Waals surface area contributed by atoms with Gasteiger partial charge in [0.05, 0.1) is 4.47 Å². The molecule has 106 valence electrons. The highest BCUT2D eigenvalue weighted by Crippen LogP contribution is 2.26. The van der Waals surface area contributed by atoms with Crippen molar-refractivity contribution in [3.05, 3.63) is 69.4 Å². The molecule has 1 unspecified atom stereocenters. The minimum Gasteiger partial charge on any atom is -0.384 e. The molecular formula is C17H18BrFO. The van der Waals surface area contributed by atoms with Gasteiger partial charge in [-0.05, 0) is 57.1 Å². The number of aliphatic hydroxyl groups is 1. The van der Waals surface area contributed by atoms with Crippen molar-refractivity contribution in [3.8, 4) is 0 Å². The molecule has 0 spiro atoms. The van der Waals surface area contributed by atoms with Crippen LogP contribution in [-0.4, -0.2) is 5.11 Å². The van der Waals surface area contributed by atoms with Gasteiger partial charge in [-0.15, -0.1) is 0 Å². The van der Waals surface area contributed by atoms with Crippen LogP contribution in [-0.2, 0) is 6.42 Å². The fourth-order valence-electron chi connectivity index (χ4n) is 2.18. The Morgan fingerprint density at radius 2 is 1.65 bits per heavy atom. The average molecular weight is 337 g/mol. The van der Waals surface area contributed by atoms with Gasteiger partial charge in [-0.1, -0.05) is 44.2 Å². The van der Waals surface area contributed by atoms with Gasteiger partial charge in [0.2, 0.25) is 0 Å². The van der Waals surface area contributed by atoms with Crippen LogP contribution in [0.25, 0.3) is 0 Å². The predicted molar refractivity (Wildman–Crippen MR) is 83.1 cm³/mol. The lowest BCUT2D eigenvalue weighted by molar-refractivity contribution is 0.220. The average Bonchev–Trinajstić information content (AvgIpc) is 2.41. The quantitative estimate of drug-likeness (QED) is 0.844. The van der Waals surface area contributed by atoms with Gasteiger partial charge in [0.25, 0.3) is 0 Å². The van der Waals surface area contributed by atoms with E-state index in [1.54, 1.807) is 12.1 Å². The van der Waals surface area contributed by atoms with E-state index in [1.807, 2.05) is 24.3 Å². The summed E-state index contributed by atoms with van der Waals surface area (Å²) in [5, 5.41) is 10.3. The molecule has 20 heavy (non-hydrogen) atoms. The van der Waals surface area contributed by atoms with Gasteiger partial charge in [-0.3, -0.25) is 0 Å². The molecule has 1 N–H and O–H groups in total.